The van der Waals surface area contributed by atoms with Gasteiger partial charge in [0.25, 0.3) is 0 Å². The minimum absolute atomic E-state index is 0.427. The lowest BCUT2D eigenvalue weighted by molar-refractivity contribution is -0.147. The number of hydrogen-bond donors (Lipinski definition) is 2. The predicted molar refractivity (Wildman–Crippen MR) is 80.0 cm³/mol. The number of nitrogens with zero attached hydrogens (tertiary/aromatic N) is 2. The molecule has 5 nitrogen and oxygen atoms in total. The van der Waals surface area contributed by atoms with Crippen molar-refractivity contribution in [1.82, 2.24) is 15.1 Å². The normalized spacial score (nSPS) is 33.2. The molecule has 0 spiro atoms. The first-order chi connectivity index (χ1) is 9.61. The fraction of sp³-hybridized carbons (Fsp3) is 0.933. The van der Waals surface area contributed by atoms with Crippen LogP contribution in [-0.2, 0) is 4.79 Å². The van der Waals surface area contributed by atoms with Crippen molar-refractivity contribution in [3.63, 3.8) is 0 Å². The first-order valence-corrected chi connectivity index (χ1v) is 8.00. The standard InChI is InChI=1S/C15H29N3O2/c1-3-7-17-8-10-18(11-9-17)13-5-4-6-15(12-13,16-2)14(19)20/h13,16H,3-12H2,1-2H3,(H,19,20). The molecule has 1 saturated carbocycles. The van der Waals surface area contributed by atoms with Crippen LogP contribution >= 0.6 is 0 Å². The number of piperazine rings is 1. The smallest absolute Gasteiger partial charge is 0.323 e. The van der Waals surface area contributed by atoms with Crippen LogP contribution in [-0.4, -0.2) is 72.2 Å². The molecule has 5 heteroatoms. The Balaban J connectivity index is 1.91. The average Bonchev–Trinajstić information content (AvgIpc) is 2.48. The highest BCUT2D eigenvalue weighted by Crippen LogP contribution is 2.31. The van der Waals surface area contributed by atoms with E-state index in [1.165, 1.54) is 13.0 Å². The van der Waals surface area contributed by atoms with E-state index in [1.807, 2.05) is 0 Å². The van der Waals surface area contributed by atoms with Crippen molar-refractivity contribution in [2.75, 3.05) is 39.8 Å². The van der Waals surface area contributed by atoms with Crippen LogP contribution in [0.4, 0.5) is 0 Å². The second kappa shape index (κ2) is 6.87. The van der Waals surface area contributed by atoms with Crippen molar-refractivity contribution in [2.24, 2.45) is 0 Å². The van der Waals surface area contributed by atoms with E-state index >= 15 is 0 Å². The second-order valence-electron chi connectivity index (χ2n) is 6.27. The second-order valence-corrected chi connectivity index (χ2v) is 6.27. The van der Waals surface area contributed by atoms with E-state index in [0.717, 1.165) is 51.9 Å². The van der Waals surface area contributed by atoms with Gasteiger partial charge in [-0.2, -0.15) is 0 Å². The van der Waals surface area contributed by atoms with E-state index in [0.29, 0.717) is 6.04 Å². The van der Waals surface area contributed by atoms with Crippen molar-refractivity contribution in [1.29, 1.82) is 0 Å². The number of hydrogen-bond acceptors (Lipinski definition) is 4. The number of aliphatic carboxylic acids is 1. The van der Waals surface area contributed by atoms with Crippen LogP contribution in [0.5, 0.6) is 0 Å². The maximum absolute atomic E-state index is 11.6. The van der Waals surface area contributed by atoms with Gasteiger partial charge in [-0.3, -0.25) is 9.69 Å². The van der Waals surface area contributed by atoms with Crippen molar-refractivity contribution in [3.8, 4) is 0 Å². The number of nitrogens with one attached hydrogen (secondary N) is 1. The van der Waals surface area contributed by atoms with Crippen molar-refractivity contribution in [3.05, 3.63) is 0 Å². The number of carboxylic acids is 1. The zero-order valence-electron chi connectivity index (χ0n) is 12.9. The Hall–Kier alpha value is -0.650. The fourth-order valence-electron chi connectivity index (χ4n) is 3.75. The Kier molecular flexibility index (Phi) is 5.41. The van der Waals surface area contributed by atoms with E-state index in [-0.39, 0.29) is 0 Å². The van der Waals surface area contributed by atoms with Gasteiger partial charge in [-0.25, -0.2) is 0 Å². The lowest BCUT2D eigenvalue weighted by atomic mass is 9.78. The Morgan fingerprint density at radius 1 is 1.35 bits per heavy atom. The first kappa shape index (κ1) is 15.7. The predicted octanol–water partition coefficient (Wildman–Crippen LogP) is 0.999. The van der Waals surface area contributed by atoms with Crippen LogP contribution in [0.25, 0.3) is 0 Å². The number of carboxylic acid groups (broad SMARTS) is 1. The molecule has 0 amide bonds. The Labute approximate surface area is 122 Å². The summed E-state index contributed by atoms with van der Waals surface area (Å²) in [5.74, 6) is -0.686. The number of rotatable bonds is 5. The molecule has 2 rings (SSSR count). The summed E-state index contributed by atoms with van der Waals surface area (Å²) in [6.07, 6.45) is 4.86. The van der Waals surface area contributed by atoms with E-state index < -0.39 is 11.5 Å². The molecule has 2 unspecified atom stereocenters. The van der Waals surface area contributed by atoms with Crippen molar-refractivity contribution < 1.29 is 9.90 Å². The lowest BCUT2D eigenvalue weighted by Gasteiger charge is -2.45. The molecule has 20 heavy (non-hydrogen) atoms. The minimum atomic E-state index is -0.705. The SMILES string of the molecule is CCCN1CCN(C2CCCC(NC)(C(=O)O)C2)CC1. The van der Waals surface area contributed by atoms with Crippen molar-refractivity contribution >= 4 is 5.97 Å². The molecule has 0 radical (unpaired) electrons. The largest absolute Gasteiger partial charge is 0.480 e. The Morgan fingerprint density at radius 3 is 2.60 bits per heavy atom. The molecular formula is C15H29N3O2. The molecule has 1 saturated heterocycles. The van der Waals surface area contributed by atoms with Gasteiger partial charge >= 0.3 is 5.97 Å². The van der Waals surface area contributed by atoms with Gasteiger partial charge in [-0.15, -0.1) is 0 Å². The van der Waals surface area contributed by atoms with Gasteiger partial charge in [0.05, 0.1) is 0 Å². The number of carbonyl (C=O) groups is 1. The molecule has 0 aromatic rings. The summed E-state index contributed by atoms with van der Waals surface area (Å²) >= 11 is 0. The molecule has 2 aliphatic rings. The minimum Gasteiger partial charge on any atom is -0.480 e. The van der Waals surface area contributed by atoms with Gasteiger partial charge in [-0.1, -0.05) is 6.92 Å². The van der Waals surface area contributed by atoms with Crippen LogP contribution in [0.2, 0.25) is 0 Å². The van der Waals surface area contributed by atoms with Gasteiger partial charge in [-0.05, 0) is 45.7 Å². The quantitative estimate of drug-likeness (QED) is 0.788. The first-order valence-electron chi connectivity index (χ1n) is 8.00. The summed E-state index contributed by atoms with van der Waals surface area (Å²) < 4.78 is 0. The molecule has 2 fully saturated rings. The third-order valence-corrected chi connectivity index (χ3v) is 5.08. The van der Waals surface area contributed by atoms with Crippen molar-refractivity contribution in [2.45, 2.75) is 50.6 Å². The highest BCUT2D eigenvalue weighted by molar-refractivity contribution is 5.79. The highest BCUT2D eigenvalue weighted by atomic mass is 16.4. The van der Waals surface area contributed by atoms with E-state index in [1.54, 1.807) is 7.05 Å². The van der Waals surface area contributed by atoms with Gasteiger partial charge < -0.3 is 15.3 Å². The number of likely N-dealkylation sites (N-methyl/N-ethyl adjacent to an activating group) is 1. The third kappa shape index (κ3) is 3.32. The highest BCUT2D eigenvalue weighted by Gasteiger charge is 2.43. The fourth-order valence-corrected chi connectivity index (χ4v) is 3.75. The maximum Gasteiger partial charge on any atom is 0.323 e. The van der Waals surface area contributed by atoms with E-state index in [4.69, 9.17) is 0 Å². The lowest BCUT2D eigenvalue weighted by Crippen LogP contribution is -2.59. The molecule has 0 aromatic heterocycles. The van der Waals surface area contributed by atoms with Crippen LogP contribution in [0.3, 0.4) is 0 Å². The molecule has 1 heterocycles. The summed E-state index contributed by atoms with van der Waals surface area (Å²) in [6.45, 7) is 7.85. The molecule has 2 atom stereocenters. The average molecular weight is 283 g/mol. The molecule has 0 bridgehead atoms. The zero-order chi connectivity index (χ0) is 14.6. The molecule has 0 aromatic carbocycles. The summed E-state index contributed by atoms with van der Waals surface area (Å²) in [5.41, 5.74) is -0.705. The third-order valence-electron chi connectivity index (χ3n) is 5.08. The monoisotopic (exact) mass is 283 g/mol. The van der Waals surface area contributed by atoms with Gasteiger partial charge in [0.1, 0.15) is 5.54 Å². The maximum atomic E-state index is 11.6. The summed E-state index contributed by atoms with van der Waals surface area (Å²) in [4.78, 5) is 16.6. The van der Waals surface area contributed by atoms with Gasteiger partial charge in [0.15, 0.2) is 0 Å². The molecule has 1 aliphatic carbocycles. The molecule has 1 aliphatic heterocycles. The Morgan fingerprint density at radius 2 is 2.05 bits per heavy atom. The van der Waals surface area contributed by atoms with Crippen LogP contribution in [0.1, 0.15) is 39.0 Å². The van der Waals surface area contributed by atoms with E-state index in [2.05, 4.69) is 22.0 Å². The van der Waals surface area contributed by atoms with Gasteiger partial charge in [0, 0.05) is 32.2 Å². The summed E-state index contributed by atoms with van der Waals surface area (Å²) in [6, 6.07) is 0.427. The van der Waals surface area contributed by atoms with E-state index in [9.17, 15) is 9.90 Å². The van der Waals surface area contributed by atoms with Crippen LogP contribution in [0.15, 0.2) is 0 Å². The molecule has 116 valence electrons. The van der Waals surface area contributed by atoms with Gasteiger partial charge in [0.2, 0.25) is 0 Å². The molecular weight excluding hydrogens is 254 g/mol. The van der Waals surface area contributed by atoms with Crippen LogP contribution in [0, 0.1) is 0 Å². The molecule has 2 N–H and O–H groups in total. The summed E-state index contributed by atoms with van der Waals surface area (Å²) in [5, 5.41) is 12.6. The topological polar surface area (TPSA) is 55.8 Å². The summed E-state index contributed by atoms with van der Waals surface area (Å²) in [7, 11) is 1.79. The van der Waals surface area contributed by atoms with Crippen LogP contribution < -0.4 is 5.32 Å². The zero-order valence-corrected chi connectivity index (χ0v) is 12.9. The Bertz CT molecular complexity index is 329.